The predicted molar refractivity (Wildman–Crippen MR) is 85.2 cm³/mol. The summed E-state index contributed by atoms with van der Waals surface area (Å²) < 4.78 is 0. The van der Waals surface area contributed by atoms with Crippen LogP contribution in [0.3, 0.4) is 0 Å². The van der Waals surface area contributed by atoms with Crippen molar-refractivity contribution in [3.05, 3.63) is 17.6 Å². The number of hydrogen-bond acceptors (Lipinski definition) is 5. The second-order valence-corrected chi connectivity index (χ2v) is 5.26. The van der Waals surface area contributed by atoms with Gasteiger partial charge in [-0.1, -0.05) is 13.8 Å². The van der Waals surface area contributed by atoms with Crippen molar-refractivity contribution >= 4 is 11.7 Å². The van der Waals surface area contributed by atoms with E-state index in [1.807, 2.05) is 31.9 Å². The zero-order chi connectivity index (χ0) is 15.7. The number of rotatable bonds is 9. The second-order valence-electron chi connectivity index (χ2n) is 5.26. The van der Waals surface area contributed by atoms with Crippen molar-refractivity contribution in [3.63, 3.8) is 0 Å². The number of carbonyl (C=O) groups is 1. The molecular weight excluding hydrogens is 266 g/mol. The molecule has 0 radical (unpaired) electrons. The summed E-state index contributed by atoms with van der Waals surface area (Å²) in [5, 5.41) is 6.13. The monoisotopic (exact) mass is 293 g/mol. The van der Waals surface area contributed by atoms with E-state index in [1.54, 1.807) is 0 Å². The number of hydrogen-bond donors (Lipinski definition) is 2. The molecule has 6 heteroatoms. The molecule has 1 heterocycles. The molecule has 21 heavy (non-hydrogen) atoms. The highest BCUT2D eigenvalue weighted by atomic mass is 16.2. The first-order valence-electron chi connectivity index (χ1n) is 7.58. The van der Waals surface area contributed by atoms with Gasteiger partial charge < -0.3 is 10.6 Å². The van der Waals surface area contributed by atoms with Gasteiger partial charge in [0.15, 0.2) is 0 Å². The molecule has 0 unspecified atom stereocenters. The Balaban J connectivity index is 2.56. The maximum Gasteiger partial charge on any atom is 0.234 e. The van der Waals surface area contributed by atoms with Crippen molar-refractivity contribution < 1.29 is 4.79 Å². The molecule has 1 rings (SSSR count). The molecule has 1 aromatic heterocycles. The average Bonchev–Trinajstić information content (AvgIpc) is 2.42. The molecule has 0 spiro atoms. The third kappa shape index (κ3) is 7.04. The van der Waals surface area contributed by atoms with Crippen LogP contribution in [0.2, 0.25) is 0 Å². The highest BCUT2D eigenvalue weighted by Gasteiger charge is 2.09. The van der Waals surface area contributed by atoms with Crippen LogP contribution < -0.4 is 10.6 Å². The Labute approximate surface area is 127 Å². The molecule has 0 bridgehead atoms. The van der Waals surface area contributed by atoms with Crippen molar-refractivity contribution in [2.75, 3.05) is 32.0 Å². The third-order valence-electron chi connectivity index (χ3n) is 2.85. The fraction of sp³-hybridized carbons (Fsp3) is 0.667. The lowest BCUT2D eigenvalue weighted by Gasteiger charge is -2.16. The summed E-state index contributed by atoms with van der Waals surface area (Å²) in [6.07, 6.45) is 2.00. The summed E-state index contributed by atoms with van der Waals surface area (Å²) in [7, 11) is 1.90. The van der Waals surface area contributed by atoms with E-state index in [0.29, 0.717) is 13.1 Å². The fourth-order valence-electron chi connectivity index (χ4n) is 1.91. The van der Waals surface area contributed by atoms with Gasteiger partial charge in [-0.15, -0.1) is 0 Å². The SMILES string of the molecule is CCCNC(=O)CN(C)Cc1nc(C)cc(NCCC)n1. The van der Waals surface area contributed by atoms with Gasteiger partial charge in [-0.05, 0) is 26.8 Å². The van der Waals surface area contributed by atoms with Crippen LogP contribution in [0.25, 0.3) is 0 Å². The first-order valence-corrected chi connectivity index (χ1v) is 7.58. The minimum atomic E-state index is 0.0383. The predicted octanol–water partition coefficient (Wildman–Crippen LogP) is 1.56. The first-order chi connectivity index (χ1) is 10.0. The van der Waals surface area contributed by atoms with Crippen LogP contribution in [0.5, 0.6) is 0 Å². The van der Waals surface area contributed by atoms with Crippen molar-refractivity contribution in [2.45, 2.75) is 40.2 Å². The van der Waals surface area contributed by atoms with E-state index in [0.717, 1.165) is 43.3 Å². The number of nitrogens with one attached hydrogen (secondary N) is 2. The summed E-state index contributed by atoms with van der Waals surface area (Å²) in [6.45, 7) is 8.64. The van der Waals surface area contributed by atoms with Gasteiger partial charge in [-0.3, -0.25) is 9.69 Å². The Kier molecular flexibility index (Phi) is 7.68. The second kappa shape index (κ2) is 9.28. The van der Waals surface area contributed by atoms with Crippen LogP contribution in [0.1, 0.15) is 38.2 Å². The average molecular weight is 293 g/mol. The largest absolute Gasteiger partial charge is 0.370 e. The van der Waals surface area contributed by atoms with Crippen LogP contribution >= 0.6 is 0 Å². The molecule has 0 aliphatic heterocycles. The lowest BCUT2D eigenvalue weighted by atomic mass is 10.3. The Morgan fingerprint density at radius 2 is 1.95 bits per heavy atom. The van der Waals surface area contributed by atoms with Crippen LogP contribution in [0.4, 0.5) is 5.82 Å². The van der Waals surface area contributed by atoms with E-state index in [1.165, 1.54) is 0 Å². The summed E-state index contributed by atoms with van der Waals surface area (Å²) in [6, 6.07) is 1.94. The van der Waals surface area contributed by atoms with Gasteiger partial charge in [0.05, 0.1) is 13.1 Å². The van der Waals surface area contributed by atoms with Gasteiger partial charge in [0, 0.05) is 24.8 Å². The molecule has 0 aromatic carbocycles. The maximum atomic E-state index is 11.7. The van der Waals surface area contributed by atoms with E-state index in [2.05, 4.69) is 27.5 Å². The van der Waals surface area contributed by atoms with E-state index in [9.17, 15) is 4.79 Å². The molecule has 0 fully saturated rings. The van der Waals surface area contributed by atoms with Crippen molar-refractivity contribution in [1.82, 2.24) is 20.2 Å². The molecule has 0 saturated carbocycles. The summed E-state index contributed by atoms with van der Waals surface area (Å²) >= 11 is 0. The maximum absolute atomic E-state index is 11.7. The normalized spacial score (nSPS) is 10.7. The van der Waals surface area contributed by atoms with E-state index in [-0.39, 0.29) is 5.91 Å². The summed E-state index contributed by atoms with van der Waals surface area (Å²) in [5.74, 6) is 1.62. The molecule has 0 aliphatic rings. The molecule has 2 N–H and O–H groups in total. The minimum Gasteiger partial charge on any atom is -0.370 e. The van der Waals surface area contributed by atoms with Gasteiger partial charge in [0.2, 0.25) is 5.91 Å². The van der Waals surface area contributed by atoms with Gasteiger partial charge >= 0.3 is 0 Å². The number of anilines is 1. The number of carbonyl (C=O) groups excluding carboxylic acids is 1. The van der Waals surface area contributed by atoms with Gasteiger partial charge in [-0.2, -0.15) is 0 Å². The quantitative estimate of drug-likeness (QED) is 0.723. The van der Waals surface area contributed by atoms with Gasteiger partial charge in [-0.25, -0.2) is 9.97 Å². The van der Waals surface area contributed by atoms with Crippen molar-refractivity contribution in [1.29, 1.82) is 0 Å². The first kappa shape index (κ1) is 17.4. The highest BCUT2D eigenvalue weighted by Crippen LogP contribution is 2.07. The van der Waals surface area contributed by atoms with Crippen LogP contribution in [0.15, 0.2) is 6.07 Å². The molecule has 1 amide bonds. The van der Waals surface area contributed by atoms with Crippen molar-refractivity contribution in [3.8, 4) is 0 Å². The van der Waals surface area contributed by atoms with E-state index in [4.69, 9.17) is 0 Å². The minimum absolute atomic E-state index is 0.0383. The number of aryl methyl sites for hydroxylation is 1. The van der Waals surface area contributed by atoms with Crippen LogP contribution in [0, 0.1) is 6.92 Å². The van der Waals surface area contributed by atoms with Gasteiger partial charge in [0.25, 0.3) is 0 Å². The number of likely N-dealkylation sites (N-methyl/N-ethyl adjacent to an activating group) is 1. The van der Waals surface area contributed by atoms with Gasteiger partial charge in [0.1, 0.15) is 11.6 Å². The Bertz CT molecular complexity index is 450. The van der Waals surface area contributed by atoms with Crippen LogP contribution in [-0.4, -0.2) is 47.5 Å². The lowest BCUT2D eigenvalue weighted by molar-refractivity contribution is -0.122. The molecular formula is C15H27N5O. The Morgan fingerprint density at radius 3 is 2.62 bits per heavy atom. The zero-order valence-electron chi connectivity index (χ0n) is 13.6. The standard InChI is InChI=1S/C15H27N5O/c1-5-7-16-13-9-12(3)18-14(19-13)10-20(4)11-15(21)17-8-6-2/h9H,5-8,10-11H2,1-4H3,(H,17,21)(H,16,18,19). The molecule has 0 aliphatic carbocycles. The molecule has 0 atom stereocenters. The van der Waals surface area contributed by atoms with E-state index < -0.39 is 0 Å². The van der Waals surface area contributed by atoms with Crippen molar-refractivity contribution in [2.24, 2.45) is 0 Å². The zero-order valence-corrected chi connectivity index (χ0v) is 13.6. The van der Waals surface area contributed by atoms with Crippen LogP contribution in [-0.2, 0) is 11.3 Å². The fourth-order valence-corrected chi connectivity index (χ4v) is 1.91. The molecule has 0 saturated heterocycles. The highest BCUT2D eigenvalue weighted by molar-refractivity contribution is 5.77. The molecule has 6 nitrogen and oxygen atoms in total. The molecule has 118 valence electrons. The van der Waals surface area contributed by atoms with E-state index >= 15 is 0 Å². The summed E-state index contributed by atoms with van der Waals surface area (Å²) in [5.41, 5.74) is 0.933. The number of aromatic nitrogens is 2. The smallest absolute Gasteiger partial charge is 0.234 e. The lowest BCUT2D eigenvalue weighted by Crippen LogP contribution is -2.35. The molecule has 1 aromatic rings. The number of amides is 1. The number of nitrogens with zero attached hydrogens (tertiary/aromatic N) is 3. The summed E-state index contributed by atoms with van der Waals surface area (Å²) in [4.78, 5) is 22.5. The third-order valence-corrected chi connectivity index (χ3v) is 2.85. The Hall–Kier alpha value is -1.69. The Morgan fingerprint density at radius 1 is 1.24 bits per heavy atom. The topological polar surface area (TPSA) is 70.2 Å².